The monoisotopic (exact) mass is 452 g/mol. The Morgan fingerprint density at radius 1 is 1.10 bits per heavy atom. The third kappa shape index (κ3) is 3.48. The maximum atomic E-state index is 12.7. The molecule has 7 nitrogen and oxygen atoms in total. The number of carbonyl (C=O) groups excluding carboxylic acids is 4. The van der Waals surface area contributed by atoms with Crippen LogP contribution in [0.15, 0.2) is 18.2 Å². The molecule has 1 aromatic carbocycles. The van der Waals surface area contributed by atoms with E-state index in [1.54, 1.807) is 0 Å². The molecule has 0 unspecified atom stereocenters. The van der Waals surface area contributed by atoms with Crippen LogP contribution in [0, 0.1) is 37.5 Å². The van der Waals surface area contributed by atoms with Crippen molar-refractivity contribution < 1.29 is 23.9 Å². The number of likely N-dealkylation sites (tertiary alicyclic amines) is 1. The third-order valence-corrected chi connectivity index (χ3v) is 7.72. The second-order valence-corrected chi connectivity index (χ2v) is 9.30. The van der Waals surface area contributed by atoms with E-state index in [4.69, 9.17) is 27.9 Å². The number of benzene rings is 1. The van der Waals surface area contributed by atoms with E-state index in [1.165, 1.54) is 0 Å². The number of rotatable bonds is 5. The lowest BCUT2D eigenvalue weighted by Crippen LogP contribution is -2.38. The molecule has 6 atom stereocenters. The second-order valence-electron chi connectivity index (χ2n) is 8.29. The van der Waals surface area contributed by atoms with Crippen LogP contribution in [0.4, 0.5) is 5.69 Å². The van der Waals surface area contributed by atoms with Gasteiger partial charge < -0.3 is 10.1 Å². The molecule has 3 aliphatic rings. The summed E-state index contributed by atoms with van der Waals surface area (Å²) in [6.45, 7) is 2.74. The number of nitrogens with zero attached hydrogens (tertiary/aromatic N) is 1. The zero-order valence-electron chi connectivity index (χ0n) is 16.6. The maximum absolute atomic E-state index is 12.7. The average Bonchev–Trinajstić information content (AvgIpc) is 3.30. The van der Waals surface area contributed by atoms with Gasteiger partial charge in [-0.25, -0.2) is 0 Å². The van der Waals surface area contributed by atoms with Gasteiger partial charge in [0, 0.05) is 5.69 Å². The van der Waals surface area contributed by atoms with E-state index in [9.17, 15) is 19.2 Å². The predicted octanol–water partition coefficient (Wildman–Crippen LogP) is 2.25. The van der Waals surface area contributed by atoms with Gasteiger partial charge in [-0.2, -0.15) is 0 Å². The molecule has 0 spiro atoms. The standard InChI is InChI=1S/C21H22Cl2N2O5/c1-9-3-4-10(2)13(5-9)24-14(26)8-30-15(27)7-25-20(28)16-11-6-12(17(16)21(25)29)19(23)18(11)22/h3-5,11-12,16-19H,6-8H2,1-2H3,(H,24,26)/t11-,12-,16-,17-,18-,19+/m1/s1. The highest BCUT2D eigenvalue weighted by atomic mass is 35.5. The van der Waals surface area contributed by atoms with Crippen LogP contribution in [0.5, 0.6) is 0 Å². The number of aryl methyl sites for hydroxylation is 2. The van der Waals surface area contributed by atoms with Gasteiger partial charge in [-0.3, -0.25) is 24.1 Å². The number of hydrogen-bond acceptors (Lipinski definition) is 5. The van der Waals surface area contributed by atoms with Gasteiger partial charge in [-0.15, -0.1) is 23.2 Å². The fourth-order valence-electron chi connectivity index (χ4n) is 4.94. The molecule has 9 heteroatoms. The van der Waals surface area contributed by atoms with Crippen molar-refractivity contribution in [2.75, 3.05) is 18.5 Å². The molecular formula is C21H22Cl2N2O5. The number of amides is 3. The lowest BCUT2D eigenvalue weighted by atomic mass is 9.80. The number of carbonyl (C=O) groups is 4. The van der Waals surface area contributed by atoms with E-state index >= 15 is 0 Å². The van der Waals surface area contributed by atoms with Crippen molar-refractivity contribution in [3.8, 4) is 0 Å². The number of esters is 1. The van der Waals surface area contributed by atoms with Crippen LogP contribution in [0.25, 0.3) is 0 Å². The Bertz CT molecular complexity index is 904. The topological polar surface area (TPSA) is 92.8 Å². The van der Waals surface area contributed by atoms with Crippen molar-refractivity contribution in [3.63, 3.8) is 0 Å². The molecule has 30 heavy (non-hydrogen) atoms. The van der Waals surface area contributed by atoms with E-state index < -0.39 is 48.7 Å². The van der Waals surface area contributed by atoms with Crippen LogP contribution in [0.2, 0.25) is 0 Å². The van der Waals surface area contributed by atoms with Crippen molar-refractivity contribution in [3.05, 3.63) is 29.3 Å². The molecule has 2 bridgehead atoms. The highest BCUT2D eigenvalue weighted by Crippen LogP contribution is 2.59. The van der Waals surface area contributed by atoms with Gasteiger partial charge in [-0.1, -0.05) is 12.1 Å². The Morgan fingerprint density at radius 3 is 2.30 bits per heavy atom. The molecule has 1 N–H and O–H groups in total. The first-order valence-electron chi connectivity index (χ1n) is 9.85. The summed E-state index contributed by atoms with van der Waals surface area (Å²) in [6, 6.07) is 5.62. The predicted molar refractivity (Wildman–Crippen MR) is 110 cm³/mol. The minimum Gasteiger partial charge on any atom is -0.454 e. The summed E-state index contributed by atoms with van der Waals surface area (Å²) < 4.78 is 4.99. The van der Waals surface area contributed by atoms with E-state index in [1.807, 2.05) is 32.0 Å². The molecule has 1 saturated heterocycles. The fraction of sp³-hybridized carbons (Fsp3) is 0.524. The van der Waals surface area contributed by atoms with Gasteiger partial charge in [0.15, 0.2) is 6.61 Å². The number of anilines is 1. The number of ether oxygens (including phenoxy) is 1. The molecule has 4 rings (SSSR count). The number of alkyl halides is 2. The number of fused-ring (bicyclic) bond motifs is 5. The summed E-state index contributed by atoms with van der Waals surface area (Å²) in [5, 5.41) is 1.98. The van der Waals surface area contributed by atoms with Crippen molar-refractivity contribution in [1.29, 1.82) is 0 Å². The first-order valence-corrected chi connectivity index (χ1v) is 10.7. The maximum Gasteiger partial charge on any atom is 0.326 e. The van der Waals surface area contributed by atoms with Gasteiger partial charge in [0.1, 0.15) is 6.54 Å². The van der Waals surface area contributed by atoms with Crippen molar-refractivity contribution >= 4 is 52.6 Å². The summed E-state index contributed by atoms with van der Waals surface area (Å²) in [5.41, 5.74) is 2.50. The molecule has 0 aromatic heterocycles. The zero-order chi connectivity index (χ0) is 21.7. The highest BCUT2D eigenvalue weighted by Gasteiger charge is 2.66. The molecular weight excluding hydrogens is 431 g/mol. The number of halogens is 2. The second kappa shape index (κ2) is 7.85. The van der Waals surface area contributed by atoms with Gasteiger partial charge in [-0.05, 0) is 49.3 Å². The molecule has 2 saturated carbocycles. The van der Waals surface area contributed by atoms with Crippen molar-refractivity contribution in [2.24, 2.45) is 23.7 Å². The average molecular weight is 453 g/mol. The Morgan fingerprint density at radius 2 is 1.70 bits per heavy atom. The van der Waals surface area contributed by atoms with Crippen LogP contribution < -0.4 is 5.32 Å². The lowest BCUT2D eigenvalue weighted by Gasteiger charge is -2.28. The van der Waals surface area contributed by atoms with Gasteiger partial charge in [0.05, 0.1) is 22.6 Å². The molecule has 1 aromatic rings. The molecule has 1 heterocycles. The third-order valence-electron chi connectivity index (χ3n) is 6.40. The van der Waals surface area contributed by atoms with Gasteiger partial charge in [0.2, 0.25) is 11.8 Å². The van der Waals surface area contributed by atoms with Crippen LogP contribution in [-0.2, 0) is 23.9 Å². The quantitative estimate of drug-likeness (QED) is 0.420. The van der Waals surface area contributed by atoms with Crippen molar-refractivity contribution in [2.45, 2.75) is 31.0 Å². The molecule has 0 radical (unpaired) electrons. The summed E-state index contributed by atoms with van der Waals surface area (Å²) in [6.07, 6.45) is 0.659. The van der Waals surface area contributed by atoms with E-state index in [-0.39, 0.29) is 22.6 Å². The Labute approximate surface area is 184 Å². The minimum atomic E-state index is -0.815. The fourth-order valence-corrected chi connectivity index (χ4v) is 5.84. The van der Waals surface area contributed by atoms with Crippen LogP contribution in [0.3, 0.4) is 0 Å². The molecule has 160 valence electrons. The number of hydrogen-bond donors (Lipinski definition) is 1. The SMILES string of the molecule is Cc1ccc(C)c(NC(=O)COC(=O)CN2C(=O)[C@@H]3[C@H]4C[C@@H]([C@@H](Cl)[C@H]4Cl)[C@H]3C2=O)c1. The summed E-state index contributed by atoms with van der Waals surface area (Å²) in [4.78, 5) is 50.7. The molecule has 2 aliphatic carbocycles. The van der Waals surface area contributed by atoms with Gasteiger partial charge in [0.25, 0.3) is 5.91 Å². The Balaban J connectivity index is 1.32. The van der Waals surface area contributed by atoms with Crippen LogP contribution in [0.1, 0.15) is 17.5 Å². The van der Waals surface area contributed by atoms with Gasteiger partial charge >= 0.3 is 5.97 Å². The van der Waals surface area contributed by atoms with E-state index in [0.717, 1.165) is 16.0 Å². The largest absolute Gasteiger partial charge is 0.454 e. The van der Waals surface area contributed by atoms with Crippen LogP contribution in [-0.4, -0.2) is 52.5 Å². The van der Waals surface area contributed by atoms with Crippen molar-refractivity contribution in [1.82, 2.24) is 4.90 Å². The zero-order valence-corrected chi connectivity index (χ0v) is 18.1. The summed E-state index contributed by atoms with van der Waals surface area (Å²) >= 11 is 12.6. The van der Waals surface area contributed by atoms with E-state index in [2.05, 4.69) is 5.32 Å². The van der Waals surface area contributed by atoms with Crippen LogP contribution >= 0.6 is 23.2 Å². The summed E-state index contributed by atoms with van der Waals surface area (Å²) in [5.74, 6) is -3.44. The molecule has 3 fully saturated rings. The molecule has 1 aliphatic heterocycles. The Hall–Kier alpha value is -2.12. The smallest absolute Gasteiger partial charge is 0.326 e. The van der Waals surface area contributed by atoms with E-state index in [0.29, 0.717) is 12.1 Å². The summed E-state index contributed by atoms with van der Waals surface area (Å²) in [7, 11) is 0. The molecule has 3 amide bonds. The first-order chi connectivity index (χ1) is 14.2. The normalized spacial score (nSPS) is 31.8. The highest BCUT2D eigenvalue weighted by molar-refractivity contribution is 6.31. The minimum absolute atomic E-state index is 0.148. The Kier molecular flexibility index (Phi) is 5.53. The number of nitrogens with one attached hydrogen (secondary N) is 1. The lowest BCUT2D eigenvalue weighted by molar-refractivity contribution is -0.154. The number of imide groups is 1. The first kappa shape index (κ1) is 21.1.